The number of halogens is 1. The van der Waals surface area contributed by atoms with Gasteiger partial charge < -0.3 is 15.5 Å². The first-order valence-corrected chi connectivity index (χ1v) is 8.01. The molecule has 0 unspecified atom stereocenters. The molecule has 0 aliphatic carbocycles. The van der Waals surface area contributed by atoms with Crippen LogP contribution in [0.3, 0.4) is 0 Å². The van der Waals surface area contributed by atoms with E-state index in [-0.39, 0.29) is 0 Å². The van der Waals surface area contributed by atoms with E-state index in [0.717, 1.165) is 41.4 Å². The number of anilines is 3. The topological polar surface area (TPSA) is 53.1 Å². The molecule has 2 N–H and O–H groups in total. The van der Waals surface area contributed by atoms with Crippen molar-refractivity contribution in [2.24, 2.45) is 0 Å². The van der Waals surface area contributed by atoms with Crippen molar-refractivity contribution < 1.29 is 0 Å². The van der Waals surface area contributed by atoms with Gasteiger partial charge in [-0.15, -0.1) is 0 Å². The molecule has 2 rings (SSSR count). The van der Waals surface area contributed by atoms with Crippen molar-refractivity contribution in [1.29, 1.82) is 0 Å². The molecule has 6 heteroatoms. The van der Waals surface area contributed by atoms with Gasteiger partial charge >= 0.3 is 0 Å². The van der Waals surface area contributed by atoms with E-state index < -0.39 is 0 Å². The highest BCUT2D eigenvalue weighted by Gasteiger charge is 2.09. The predicted octanol–water partition coefficient (Wildman–Crippen LogP) is 3.77. The summed E-state index contributed by atoms with van der Waals surface area (Å²) in [5, 5.41) is 7.23. The average molecular weight is 334 g/mol. The van der Waals surface area contributed by atoms with Gasteiger partial charge in [-0.2, -0.15) is 4.98 Å². The smallest absolute Gasteiger partial charge is 0.229 e. The lowest BCUT2D eigenvalue weighted by Crippen LogP contribution is -2.21. The molecule has 0 fully saturated rings. The zero-order valence-corrected chi connectivity index (χ0v) is 15.1. The summed E-state index contributed by atoms with van der Waals surface area (Å²) in [4.78, 5) is 11.1. The number of aromatic nitrogens is 2. The molecular weight excluding hydrogens is 310 g/mol. The maximum absolute atomic E-state index is 6.34. The second kappa shape index (κ2) is 7.62. The third-order valence-electron chi connectivity index (χ3n) is 3.39. The zero-order chi connectivity index (χ0) is 17.0. The number of nitrogens with zero attached hydrogens (tertiary/aromatic N) is 3. The third kappa shape index (κ3) is 5.08. The summed E-state index contributed by atoms with van der Waals surface area (Å²) in [6, 6.07) is 5.95. The fraction of sp³-hybridized carbons (Fsp3) is 0.412. The Labute approximate surface area is 143 Å². The number of nitrogens with one attached hydrogen (secondary N) is 2. The number of likely N-dealkylation sites (N-methyl/N-ethyl adjacent to an activating group) is 1. The number of rotatable bonds is 6. The minimum Gasteiger partial charge on any atom is -0.369 e. The second-order valence-electron chi connectivity index (χ2n) is 6.01. The van der Waals surface area contributed by atoms with E-state index in [4.69, 9.17) is 11.6 Å². The van der Waals surface area contributed by atoms with Crippen molar-refractivity contribution in [2.45, 2.75) is 20.8 Å². The van der Waals surface area contributed by atoms with E-state index in [2.05, 4.69) is 31.6 Å². The fourth-order valence-corrected chi connectivity index (χ4v) is 2.68. The van der Waals surface area contributed by atoms with E-state index in [1.54, 1.807) is 0 Å². The van der Waals surface area contributed by atoms with Crippen LogP contribution in [0.4, 0.5) is 17.5 Å². The van der Waals surface area contributed by atoms with Crippen LogP contribution in [0.25, 0.3) is 0 Å². The fourth-order valence-electron chi connectivity index (χ4n) is 2.31. The molecule has 23 heavy (non-hydrogen) atoms. The summed E-state index contributed by atoms with van der Waals surface area (Å²) in [5.41, 5.74) is 3.95. The van der Waals surface area contributed by atoms with E-state index in [0.29, 0.717) is 11.0 Å². The van der Waals surface area contributed by atoms with Crippen molar-refractivity contribution >= 4 is 29.1 Å². The summed E-state index contributed by atoms with van der Waals surface area (Å²) >= 11 is 6.34. The molecule has 0 saturated carbocycles. The molecule has 1 aromatic heterocycles. The SMILES string of the molecule is Cc1cc(C)c(Nc2nc(C)cc(NCCN(C)C)n2)c(Cl)c1. The lowest BCUT2D eigenvalue weighted by Gasteiger charge is -2.14. The largest absolute Gasteiger partial charge is 0.369 e. The molecule has 0 aliphatic rings. The van der Waals surface area contributed by atoms with E-state index in [1.807, 2.05) is 47.0 Å². The molecule has 124 valence electrons. The molecule has 1 aromatic carbocycles. The molecule has 0 radical (unpaired) electrons. The first-order valence-electron chi connectivity index (χ1n) is 7.63. The normalized spacial score (nSPS) is 10.9. The van der Waals surface area contributed by atoms with Crippen molar-refractivity contribution in [3.05, 3.63) is 40.0 Å². The van der Waals surface area contributed by atoms with Crippen LogP contribution < -0.4 is 10.6 Å². The Morgan fingerprint density at radius 1 is 1.09 bits per heavy atom. The average Bonchev–Trinajstić information content (AvgIpc) is 2.42. The number of hydrogen-bond donors (Lipinski definition) is 2. The highest BCUT2D eigenvalue weighted by molar-refractivity contribution is 6.33. The summed E-state index contributed by atoms with van der Waals surface area (Å²) in [6.07, 6.45) is 0. The van der Waals surface area contributed by atoms with Crippen LogP contribution in [0, 0.1) is 20.8 Å². The molecule has 5 nitrogen and oxygen atoms in total. The van der Waals surface area contributed by atoms with Crippen LogP contribution in [-0.2, 0) is 0 Å². The van der Waals surface area contributed by atoms with Crippen LogP contribution in [0.5, 0.6) is 0 Å². The summed E-state index contributed by atoms with van der Waals surface area (Å²) < 4.78 is 0. The van der Waals surface area contributed by atoms with Gasteiger partial charge in [0.2, 0.25) is 5.95 Å². The minimum atomic E-state index is 0.547. The molecule has 2 aromatic rings. The molecule has 0 spiro atoms. The van der Waals surface area contributed by atoms with Gasteiger partial charge in [-0.25, -0.2) is 4.98 Å². The van der Waals surface area contributed by atoms with Crippen molar-refractivity contribution in [3.63, 3.8) is 0 Å². The van der Waals surface area contributed by atoms with E-state index >= 15 is 0 Å². The lowest BCUT2D eigenvalue weighted by atomic mass is 10.1. The standard InChI is InChI=1S/C17H24ClN5/c1-11-8-12(2)16(14(18)9-11)22-17-20-13(3)10-15(21-17)19-6-7-23(4)5/h8-10H,6-7H2,1-5H3,(H2,19,20,21,22). The van der Waals surface area contributed by atoms with Crippen LogP contribution >= 0.6 is 11.6 Å². The highest BCUT2D eigenvalue weighted by Crippen LogP contribution is 2.29. The van der Waals surface area contributed by atoms with Gasteiger partial charge in [0.25, 0.3) is 0 Å². The van der Waals surface area contributed by atoms with Gasteiger partial charge in [0.15, 0.2) is 0 Å². The van der Waals surface area contributed by atoms with E-state index in [1.165, 1.54) is 0 Å². The molecule has 1 heterocycles. The van der Waals surface area contributed by atoms with Crippen LogP contribution in [0.15, 0.2) is 18.2 Å². The predicted molar refractivity (Wildman–Crippen MR) is 98.0 cm³/mol. The van der Waals surface area contributed by atoms with Gasteiger partial charge in [0.05, 0.1) is 10.7 Å². The highest BCUT2D eigenvalue weighted by atomic mass is 35.5. The minimum absolute atomic E-state index is 0.547. The Morgan fingerprint density at radius 2 is 1.83 bits per heavy atom. The Bertz CT molecular complexity index is 662. The van der Waals surface area contributed by atoms with Crippen molar-refractivity contribution in [2.75, 3.05) is 37.8 Å². The van der Waals surface area contributed by atoms with Gasteiger partial charge in [-0.3, -0.25) is 0 Å². The first kappa shape index (κ1) is 17.5. The Kier molecular flexibility index (Phi) is 5.80. The number of aryl methyl sites for hydroxylation is 3. The molecule has 0 atom stereocenters. The number of benzene rings is 1. The monoisotopic (exact) mass is 333 g/mol. The van der Waals surface area contributed by atoms with Gasteiger partial charge in [0, 0.05) is 24.8 Å². The molecule has 0 bridgehead atoms. The van der Waals surface area contributed by atoms with Gasteiger partial charge in [-0.05, 0) is 52.1 Å². The van der Waals surface area contributed by atoms with Crippen LogP contribution in [0.2, 0.25) is 5.02 Å². The second-order valence-corrected chi connectivity index (χ2v) is 6.42. The Balaban J connectivity index is 2.19. The molecule has 0 amide bonds. The zero-order valence-electron chi connectivity index (χ0n) is 14.4. The summed E-state index contributed by atoms with van der Waals surface area (Å²) in [5.74, 6) is 1.36. The Morgan fingerprint density at radius 3 is 2.48 bits per heavy atom. The van der Waals surface area contributed by atoms with Gasteiger partial charge in [0.1, 0.15) is 5.82 Å². The summed E-state index contributed by atoms with van der Waals surface area (Å²) in [7, 11) is 4.09. The summed E-state index contributed by atoms with van der Waals surface area (Å²) in [6.45, 7) is 7.77. The quantitative estimate of drug-likeness (QED) is 0.842. The molecular formula is C17H24ClN5. The maximum Gasteiger partial charge on any atom is 0.229 e. The van der Waals surface area contributed by atoms with E-state index in [9.17, 15) is 0 Å². The van der Waals surface area contributed by atoms with Gasteiger partial charge in [-0.1, -0.05) is 17.7 Å². The molecule has 0 saturated heterocycles. The lowest BCUT2D eigenvalue weighted by molar-refractivity contribution is 0.425. The van der Waals surface area contributed by atoms with Crippen LogP contribution in [0.1, 0.15) is 16.8 Å². The maximum atomic E-state index is 6.34. The molecule has 0 aliphatic heterocycles. The van der Waals surface area contributed by atoms with Crippen molar-refractivity contribution in [3.8, 4) is 0 Å². The van der Waals surface area contributed by atoms with Crippen molar-refractivity contribution in [1.82, 2.24) is 14.9 Å². The first-order chi connectivity index (χ1) is 10.8. The Hall–Kier alpha value is -1.85. The van der Waals surface area contributed by atoms with Crippen LogP contribution in [-0.4, -0.2) is 42.1 Å². The number of hydrogen-bond acceptors (Lipinski definition) is 5. The third-order valence-corrected chi connectivity index (χ3v) is 3.69.